The van der Waals surface area contributed by atoms with Gasteiger partial charge in [-0.05, 0) is 250 Å². The third kappa shape index (κ3) is 31.9. The first-order chi connectivity index (χ1) is 63.6. The molecule has 8 fully saturated rings. The molecule has 8 heterocycles. The molecule has 4 aromatic rings. The number of Topliss-reactive ketones (excluding diaryl/α,β-unsaturated/α-hetero) is 4. The molecule has 8 aliphatic rings. The van der Waals surface area contributed by atoms with Crippen LogP contribution in [0, 0.1) is 144 Å². The van der Waals surface area contributed by atoms with E-state index in [0.717, 1.165) is 194 Å². The number of hydrogen-bond acceptors (Lipinski definition) is 28. The zero-order valence-corrected chi connectivity index (χ0v) is 88.9. The molecule has 0 amide bonds. The van der Waals surface area contributed by atoms with Gasteiger partial charge in [0.2, 0.25) is 0 Å². The monoisotopic (exact) mass is 1970 g/mol. The van der Waals surface area contributed by atoms with E-state index in [-0.39, 0.29) is 96.9 Å². The lowest BCUT2D eigenvalue weighted by molar-refractivity contribution is -0.156. The van der Waals surface area contributed by atoms with E-state index in [1.165, 1.54) is 0 Å². The predicted molar refractivity (Wildman–Crippen MR) is 537 cm³/mol. The van der Waals surface area contributed by atoms with Crippen molar-refractivity contribution in [3.63, 3.8) is 0 Å². The average molecular weight is 1970 g/mol. The summed E-state index contributed by atoms with van der Waals surface area (Å²) in [4.78, 5) is 122. The van der Waals surface area contributed by atoms with Crippen LogP contribution in [-0.2, 0) is 57.3 Å². The molecule has 0 aromatic carbocycles. The smallest absolute Gasteiger partial charge is 0.309 e. The standard InChI is InChI=1S/4C27H41NO5S/c4*1-15-8-7-9-19-11-20(19)12-22(16(2)10-21-14-34-18(4)28-21)33-24(30)13-23(29)27(5,6)26(32)17(3)25(15)31/h4*10,14-15,17,19-20,22-23,25,29,31H,7-9,11-13H2,1-6H3/b4*16-10+/t15-,17+,19+,20-,22?,23-,25-;15-,17+,19+,20-,22-,23-,25-;15-,17+,19-,20-,22+,23-,25-;15-,17+,19-,20-,22-,23-,25-/m0000/s1. The molecule has 4 saturated carbocycles. The van der Waals surface area contributed by atoms with Crippen LogP contribution in [0.1, 0.15) is 335 Å². The highest BCUT2D eigenvalue weighted by Crippen LogP contribution is 2.52. The molecule has 0 bridgehead atoms. The summed E-state index contributed by atoms with van der Waals surface area (Å²) in [6.07, 6.45) is 16.9. The number of rotatable bonds is 8. The van der Waals surface area contributed by atoms with Gasteiger partial charge in [-0.15, -0.1) is 45.3 Å². The van der Waals surface area contributed by atoms with Gasteiger partial charge in [0.25, 0.3) is 0 Å². The van der Waals surface area contributed by atoms with Gasteiger partial charge in [-0.3, -0.25) is 38.4 Å². The largest absolute Gasteiger partial charge is 0.458 e. The predicted octanol–water partition coefficient (Wildman–Crippen LogP) is 19.8. The SMILES string of the molecule is C/C(=C\c1csc(C)n1)C1C[C@@H]2C[C@H]2CCC[C@H](C)[C@H](O)[C@@H](C)C(=O)C(C)(C)[C@@H](O)CC(=O)O1.C/C(=C\c1csc(C)n1)[C@@H]1C[C@@H]2C[C@@H]2CCC[C@H](C)[C@H](O)[C@@H](C)C(=O)C(C)(C)[C@@H](O)CC(=O)O1.C/C(=C\c1csc(C)n1)[C@@H]1C[C@@H]2C[C@H]2CCC[C@H](C)[C@H](O)[C@@H](C)C(=O)C(C)(C)[C@@H](O)CC(=O)O1.C/C(=C\c1csc(C)n1)[C@H]1C[C@@H]2C[C@@H]2CCC[C@H](C)[C@H](O)[C@@H](C)C(=O)C(C)(C)[C@@H](O)CC(=O)O1. The number of thiazole rings is 4. The summed E-state index contributed by atoms with van der Waals surface area (Å²) in [6, 6.07) is 0. The Morgan fingerprint density at radius 1 is 0.294 bits per heavy atom. The van der Waals surface area contributed by atoms with E-state index >= 15 is 0 Å². The summed E-state index contributed by atoms with van der Waals surface area (Å²) in [5, 5.41) is 98.5. The molecule has 24 nitrogen and oxygen atoms in total. The van der Waals surface area contributed by atoms with Crippen LogP contribution in [-0.4, -0.2) is 181 Å². The maximum absolute atomic E-state index is 13.2. The summed E-state index contributed by atoms with van der Waals surface area (Å²) < 4.78 is 23.6. The molecule has 4 saturated heterocycles. The van der Waals surface area contributed by atoms with Crippen LogP contribution in [0.25, 0.3) is 24.3 Å². The molecule has 0 radical (unpaired) electrons. The number of aliphatic hydroxyl groups excluding tert-OH is 8. The van der Waals surface area contributed by atoms with Gasteiger partial charge in [0.15, 0.2) is 0 Å². The van der Waals surface area contributed by atoms with Gasteiger partial charge in [0.05, 0.1) is 139 Å². The summed E-state index contributed by atoms with van der Waals surface area (Å²) in [5.41, 5.74) is 2.56. The van der Waals surface area contributed by atoms with Gasteiger partial charge in [0, 0.05) is 45.2 Å². The molecule has 12 rings (SSSR count). The normalized spacial score (nSPS) is 36.0. The van der Waals surface area contributed by atoms with E-state index < -0.39 is 118 Å². The van der Waals surface area contributed by atoms with Crippen molar-refractivity contribution in [2.24, 2.45) is 116 Å². The van der Waals surface area contributed by atoms with E-state index in [1.807, 2.05) is 129 Å². The van der Waals surface area contributed by atoms with Crippen LogP contribution in [0.4, 0.5) is 0 Å². The van der Waals surface area contributed by atoms with Crippen molar-refractivity contribution in [3.8, 4) is 0 Å². The molecule has 4 aliphatic heterocycles. The van der Waals surface area contributed by atoms with Crippen molar-refractivity contribution in [2.75, 3.05) is 0 Å². The van der Waals surface area contributed by atoms with Gasteiger partial charge in [-0.1, -0.05) is 162 Å². The van der Waals surface area contributed by atoms with Crippen molar-refractivity contribution in [1.82, 2.24) is 19.9 Å². The number of ketones is 4. The molecular weight excluding hydrogens is 1800 g/mol. The minimum atomic E-state index is -1.19. The number of cyclic esters (lactones) is 4. The fourth-order valence-electron chi connectivity index (χ4n) is 20.9. The number of fused-ring (bicyclic) bond motifs is 4. The van der Waals surface area contributed by atoms with Gasteiger partial charge in [-0.2, -0.15) is 0 Å². The number of aliphatic hydroxyl groups is 8. The summed E-state index contributed by atoms with van der Waals surface area (Å²) >= 11 is 6.33. The minimum Gasteiger partial charge on any atom is -0.458 e. The summed E-state index contributed by atoms with van der Waals surface area (Å²) in [5.74, 6) is -0.936. The maximum Gasteiger partial charge on any atom is 0.309 e. The Bertz CT molecular complexity index is 4210. The number of aryl methyl sites for hydroxylation is 4. The Morgan fingerprint density at radius 2 is 0.471 bits per heavy atom. The van der Waals surface area contributed by atoms with Gasteiger partial charge >= 0.3 is 23.9 Å². The Hall–Kier alpha value is -6.28. The van der Waals surface area contributed by atoms with Gasteiger partial charge in [0.1, 0.15) is 47.5 Å². The summed E-state index contributed by atoms with van der Waals surface area (Å²) in [6.45, 7) is 43.8. The van der Waals surface area contributed by atoms with Gasteiger partial charge < -0.3 is 59.8 Å². The molecule has 0 spiro atoms. The highest BCUT2D eigenvalue weighted by Gasteiger charge is 2.51. The molecule has 760 valence electrons. The van der Waals surface area contributed by atoms with Crippen molar-refractivity contribution in [2.45, 2.75) is 394 Å². The van der Waals surface area contributed by atoms with Crippen LogP contribution in [0.5, 0.6) is 0 Å². The van der Waals surface area contributed by atoms with Crippen LogP contribution in [0.15, 0.2) is 43.8 Å². The number of carbonyl (C=O) groups excluding carboxylic acids is 8. The second-order valence-electron chi connectivity index (χ2n) is 44.6. The molecule has 136 heavy (non-hydrogen) atoms. The molecule has 4 aromatic heterocycles. The lowest BCUT2D eigenvalue weighted by atomic mass is 9.73. The van der Waals surface area contributed by atoms with Crippen molar-refractivity contribution < 1.29 is 98.2 Å². The number of ether oxygens (including phenoxy) is 4. The number of hydrogen-bond donors (Lipinski definition) is 8. The zero-order valence-electron chi connectivity index (χ0n) is 85.7. The van der Waals surface area contributed by atoms with Crippen LogP contribution >= 0.6 is 45.3 Å². The van der Waals surface area contributed by atoms with Crippen LogP contribution < -0.4 is 0 Å². The van der Waals surface area contributed by atoms with Crippen molar-refractivity contribution in [3.05, 3.63) is 86.6 Å². The van der Waals surface area contributed by atoms with E-state index in [1.54, 1.807) is 128 Å². The second kappa shape index (κ2) is 49.6. The molecule has 4 aliphatic carbocycles. The lowest BCUT2D eigenvalue weighted by Gasteiger charge is -2.34. The summed E-state index contributed by atoms with van der Waals surface area (Å²) in [7, 11) is 0. The number of aromatic nitrogens is 4. The fourth-order valence-corrected chi connectivity index (χ4v) is 23.2. The molecular formula is C108H164N4O20S4. The fraction of sp³-hybridized carbons (Fsp3) is 0.741. The highest BCUT2D eigenvalue weighted by atomic mass is 32.1. The number of esters is 4. The molecule has 28 atom stereocenters. The first kappa shape index (κ1) is 113. The third-order valence-electron chi connectivity index (χ3n) is 31.8. The Labute approximate surface area is 825 Å². The van der Waals surface area contributed by atoms with Crippen LogP contribution in [0.2, 0.25) is 0 Å². The van der Waals surface area contributed by atoms with Crippen molar-refractivity contribution in [1.29, 1.82) is 0 Å². The zero-order chi connectivity index (χ0) is 101. The first-order valence-corrected chi connectivity index (χ1v) is 53.9. The minimum absolute atomic E-state index is 0.00135. The Kier molecular flexibility index (Phi) is 41.3. The van der Waals surface area contributed by atoms with E-state index in [4.69, 9.17) is 18.9 Å². The van der Waals surface area contributed by atoms with E-state index in [2.05, 4.69) is 19.9 Å². The quantitative estimate of drug-likeness (QED) is 0.0600. The van der Waals surface area contributed by atoms with E-state index in [0.29, 0.717) is 47.3 Å². The first-order valence-electron chi connectivity index (χ1n) is 50.4. The topological polar surface area (TPSA) is 387 Å². The molecule has 8 N–H and O–H groups in total. The average Bonchev–Trinajstić information content (AvgIpc) is 0.873. The molecule has 1 unspecified atom stereocenters. The number of nitrogens with zero attached hydrogens (tertiary/aromatic N) is 4. The Morgan fingerprint density at radius 3 is 0.632 bits per heavy atom. The van der Waals surface area contributed by atoms with Crippen molar-refractivity contribution >= 4 is 117 Å². The highest BCUT2D eigenvalue weighted by molar-refractivity contribution is 7.10. The Balaban J connectivity index is 0.000000203. The van der Waals surface area contributed by atoms with Crippen LogP contribution in [0.3, 0.4) is 0 Å². The third-order valence-corrected chi connectivity index (χ3v) is 35.0. The van der Waals surface area contributed by atoms with Gasteiger partial charge in [-0.25, -0.2) is 19.9 Å². The maximum atomic E-state index is 13.2. The second-order valence-corrected chi connectivity index (χ2v) is 48.8. The molecule has 28 heteroatoms. The lowest BCUT2D eigenvalue weighted by Crippen LogP contribution is -2.45. The number of carbonyl (C=O) groups is 8. The van der Waals surface area contributed by atoms with E-state index in [9.17, 15) is 79.2 Å².